The third-order valence-electron chi connectivity index (χ3n) is 4.97. The molecule has 20 heavy (non-hydrogen) atoms. The van der Waals surface area contributed by atoms with E-state index in [1.807, 2.05) is 4.90 Å². The zero-order chi connectivity index (χ0) is 15.3. The number of fused-ring (bicyclic) bond motifs is 1. The smallest absolute Gasteiger partial charge is 0.241 e. The number of hydrogen-bond acceptors (Lipinski definition) is 2. The monoisotopic (exact) mass is 381 g/mol. The summed E-state index contributed by atoms with van der Waals surface area (Å²) < 4.78 is 6.48. The second kappa shape index (κ2) is 5.56. The van der Waals surface area contributed by atoms with E-state index in [9.17, 15) is 4.79 Å². The summed E-state index contributed by atoms with van der Waals surface area (Å²) in [4.78, 5) is 14.3. The summed E-state index contributed by atoms with van der Waals surface area (Å²) in [5.41, 5.74) is 0. The maximum atomic E-state index is 12.1. The molecule has 4 atom stereocenters. The van der Waals surface area contributed by atoms with Gasteiger partial charge in [0.25, 0.3) is 0 Å². The van der Waals surface area contributed by atoms with E-state index in [1.165, 1.54) is 0 Å². The molecule has 2 fully saturated rings. The van der Waals surface area contributed by atoms with Crippen LogP contribution in [0.5, 0.6) is 0 Å². The third-order valence-corrected chi connectivity index (χ3v) is 10.9. The highest BCUT2D eigenvalue weighted by molar-refractivity contribution is 9.09. The van der Waals surface area contributed by atoms with Crippen molar-refractivity contribution >= 4 is 41.8 Å². The van der Waals surface area contributed by atoms with Crippen LogP contribution in [0.15, 0.2) is 0 Å². The number of carbonyl (C=O) groups is 1. The summed E-state index contributed by atoms with van der Waals surface area (Å²) in [5.74, 6) is 0.0737. The number of halogens is 2. The Hall–Kier alpha value is 0.417. The van der Waals surface area contributed by atoms with Crippen LogP contribution in [0.2, 0.25) is 18.1 Å². The molecule has 2 aliphatic rings. The lowest BCUT2D eigenvalue weighted by Gasteiger charge is -2.44. The summed E-state index contributed by atoms with van der Waals surface area (Å²) in [6.45, 7) is 11.9. The Balaban J connectivity index is 2.08. The lowest BCUT2D eigenvalue weighted by Crippen LogP contribution is -2.54. The first-order valence-corrected chi connectivity index (χ1v) is 11.6. The van der Waals surface area contributed by atoms with Crippen LogP contribution in [0.3, 0.4) is 0 Å². The molecule has 3 nitrogen and oxygen atoms in total. The molecule has 0 N–H and O–H groups in total. The summed E-state index contributed by atoms with van der Waals surface area (Å²) in [7, 11) is -1.80. The molecule has 0 aromatic heterocycles. The molecule has 116 valence electrons. The number of hydrogen-bond donors (Lipinski definition) is 0. The molecule has 6 heteroatoms. The van der Waals surface area contributed by atoms with E-state index in [1.54, 1.807) is 0 Å². The van der Waals surface area contributed by atoms with Gasteiger partial charge in [0.05, 0.1) is 6.10 Å². The van der Waals surface area contributed by atoms with Crippen molar-refractivity contribution < 1.29 is 9.22 Å². The number of amides is 1. The Morgan fingerprint density at radius 3 is 2.50 bits per heavy atom. The zero-order valence-corrected chi connectivity index (χ0v) is 16.3. The number of carbonyl (C=O) groups excluding carboxylic acids is 1. The molecule has 1 amide bonds. The number of rotatable bonds is 2. The van der Waals surface area contributed by atoms with Gasteiger partial charge < -0.3 is 9.33 Å². The Kier molecular flexibility index (Phi) is 4.67. The minimum Gasteiger partial charge on any atom is -0.412 e. The van der Waals surface area contributed by atoms with Gasteiger partial charge in [-0.05, 0) is 31.0 Å². The molecule has 0 unspecified atom stereocenters. The summed E-state index contributed by atoms with van der Waals surface area (Å²) in [5, 5.41) is -0.165. The predicted octanol–water partition coefficient (Wildman–Crippen LogP) is 3.75. The third kappa shape index (κ3) is 3.11. The standard InChI is InChI=1S/C14H25BrClNO2Si/c1-14(2,3)20(4,5)19-9-6-10(15)12-7-11(16)13(18)17(12)8-9/h9-12H,6-8H2,1-5H3/t9-,10-,11-,12+/m1/s1. The highest BCUT2D eigenvalue weighted by Gasteiger charge is 2.48. The largest absolute Gasteiger partial charge is 0.412 e. The highest BCUT2D eigenvalue weighted by atomic mass is 79.9. The molecule has 0 saturated carbocycles. The number of alkyl halides is 2. The van der Waals surface area contributed by atoms with Gasteiger partial charge in [-0.3, -0.25) is 4.79 Å². The quantitative estimate of drug-likeness (QED) is 0.537. The van der Waals surface area contributed by atoms with Gasteiger partial charge in [-0.25, -0.2) is 0 Å². The van der Waals surface area contributed by atoms with Crippen molar-refractivity contribution in [2.24, 2.45) is 0 Å². The topological polar surface area (TPSA) is 29.5 Å². The van der Waals surface area contributed by atoms with Gasteiger partial charge in [-0.15, -0.1) is 11.6 Å². The molecule has 2 aliphatic heterocycles. The van der Waals surface area contributed by atoms with Crippen molar-refractivity contribution in [1.82, 2.24) is 4.90 Å². The number of piperidine rings is 1. The van der Waals surface area contributed by atoms with Gasteiger partial charge in [0.15, 0.2) is 8.32 Å². The molecule has 2 heterocycles. The Morgan fingerprint density at radius 1 is 1.35 bits per heavy atom. The minimum atomic E-state index is -1.80. The minimum absolute atomic E-state index is 0.0737. The molecule has 0 aromatic carbocycles. The van der Waals surface area contributed by atoms with Crippen molar-refractivity contribution in [1.29, 1.82) is 0 Å². The van der Waals surface area contributed by atoms with E-state index >= 15 is 0 Å². The zero-order valence-electron chi connectivity index (χ0n) is 13.0. The molecule has 0 radical (unpaired) electrons. The van der Waals surface area contributed by atoms with Gasteiger partial charge in [-0.2, -0.15) is 0 Å². The van der Waals surface area contributed by atoms with Crippen LogP contribution in [-0.4, -0.2) is 48.0 Å². The fourth-order valence-corrected chi connectivity index (χ4v) is 5.32. The second-order valence-electron chi connectivity index (χ2n) is 7.51. The van der Waals surface area contributed by atoms with Gasteiger partial charge in [0.2, 0.25) is 5.91 Å². The van der Waals surface area contributed by atoms with Gasteiger partial charge in [-0.1, -0.05) is 36.7 Å². The van der Waals surface area contributed by atoms with Crippen LogP contribution >= 0.6 is 27.5 Å². The average molecular weight is 383 g/mol. The van der Waals surface area contributed by atoms with Crippen molar-refractivity contribution in [3.8, 4) is 0 Å². The molecule has 2 rings (SSSR count). The molecular formula is C14H25BrClNO2Si. The maximum absolute atomic E-state index is 12.1. The van der Waals surface area contributed by atoms with Gasteiger partial charge >= 0.3 is 0 Å². The predicted molar refractivity (Wildman–Crippen MR) is 89.2 cm³/mol. The van der Waals surface area contributed by atoms with E-state index in [-0.39, 0.29) is 28.5 Å². The van der Waals surface area contributed by atoms with Crippen molar-refractivity contribution in [3.63, 3.8) is 0 Å². The van der Waals surface area contributed by atoms with Crippen LogP contribution in [0, 0.1) is 0 Å². The van der Waals surface area contributed by atoms with Crippen LogP contribution in [0.4, 0.5) is 0 Å². The maximum Gasteiger partial charge on any atom is 0.241 e. The summed E-state index contributed by atoms with van der Waals surface area (Å²) in [6.07, 6.45) is 1.84. The average Bonchev–Trinajstić information content (AvgIpc) is 2.55. The normalized spacial score (nSPS) is 35.4. The molecule has 0 spiro atoms. The van der Waals surface area contributed by atoms with Gasteiger partial charge in [0, 0.05) is 17.4 Å². The fourth-order valence-electron chi connectivity index (χ4n) is 2.73. The Labute approximate surface area is 136 Å². The van der Waals surface area contributed by atoms with E-state index in [0.29, 0.717) is 11.4 Å². The van der Waals surface area contributed by atoms with Crippen molar-refractivity contribution in [3.05, 3.63) is 0 Å². The van der Waals surface area contributed by atoms with Crippen LogP contribution < -0.4 is 0 Å². The van der Waals surface area contributed by atoms with E-state index in [0.717, 1.165) is 12.8 Å². The first kappa shape index (κ1) is 16.8. The molecular weight excluding hydrogens is 358 g/mol. The Morgan fingerprint density at radius 2 is 1.95 bits per heavy atom. The first-order chi connectivity index (χ1) is 9.03. The van der Waals surface area contributed by atoms with Crippen LogP contribution in [0.25, 0.3) is 0 Å². The first-order valence-electron chi connectivity index (χ1n) is 7.29. The molecule has 0 aromatic rings. The second-order valence-corrected chi connectivity index (χ2v) is 14.0. The van der Waals surface area contributed by atoms with Gasteiger partial charge in [0.1, 0.15) is 5.38 Å². The lowest BCUT2D eigenvalue weighted by atomic mass is 10.0. The lowest BCUT2D eigenvalue weighted by molar-refractivity contribution is -0.131. The SMILES string of the molecule is CC(C)(C)[Si](C)(C)O[C@@H]1C[C@@H](Br)[C@@H]2C[C@@H](Cl)C(=O)N2C1. The Bertz CT molecular complexity index is 399. The molecule has 0 bridgehead atoms. The highest BCUT2D eigenvalue weighted by Crippen LogP contribution is 2.41. The summed E-state index contributed by atoms with van der Waals surface area (Å²) in [6, 6.07) is 0.240. The summed E-state index contributed by atoms with van der Waals surface area (Å²) >= 11 is 9.84. The van der Waals surface area contributed by atoms with E-state index in [2.05, 4.69) is 49.8 Å². The van der Waals surface area contributed by atoms with Crippen molar-refractivity contribution in [2.75, 3.05) is 6.54 Å². The fraction of sp³-hybridized carbons (Fsp3) is 0.929. The molecule has 0 aliphatic carbocycles. The molecule has 2 saturated heterocycles. The van der Waals surface area contributed by atoms with E-state index < -0.39 is 8.32 Å². The number of nitrogens with zero attached hydrogens (tertiary/aromatic N) is 1. The van der Waals surface area contributed by atoms with Crippen LogP contribution in [-0.2, 0) is 9.22 Å². The van der Waals surface area contributed by atoms with Crippen molar-refractivity contribution in [2.45, 2.75) is 74.1 Å². The van der Waals surface area contributed by atoms with Crippen LogP contribution in [0.1, 0.15) is 33.6 Å². The van der Waals surface area contributed by atoms with E-state index in [4.69, 9.17) is 16.0 Å².